The van der Waals surface area contributed by atoms with E-state index in [1.807, 2.05) is 18.5 Å². The first-order valence-corrected chi connectivity index (χ1v) is 8.56. The van der Waals surface area contributed by atoms with E-state index in [1.54, 1.807) is 11.0 Å². The summed E-state index contributed by atoms with van der Waals surface area (Å²) in [6.07, 6.45) is 6.18. The number of hydrogen-bond acceptors (Lipinski definition) is 5. The van der Waals surface area contributed by atoms with Crippen LogP contribution in [0, 0.1) is 13.8 Å². The Bertz CT molecular complexity index is 711. The first kappa shape index (κ1) is 16.6. The van der Waals surface area contributed by atoms with Gasteiger partial charge >= 0.3 is 0 Å². The van der Waals surface area contributed by atoms with Crippen molar-refractivity contribution in [3.8, 4) is 0 Å². The molecule has 0 unspecified atom stereocenters. The maximum absolute atomic E-state index is 13.2. The van der Waals surface area contributed by atoms with Crippen LogP contribution in [-0.2, 0) is 10.3 Å². The molecule has 2 aromatic heterocycles. The van der Waals surface area contributed by atoms with Crippen LogP contribution in [-0.4, -0.2) is 35.9 Å². The second kappa shape index (κ2) is 6.33. The highest BCUT2D eigenvalue weighted by atomic mass is 16.2. The quantitative estimate of drug-likeness (QED) is 0.929. The molecule has 0 radical (unpaired) electrons. The molecule has 2 heterocycles. The van der Waals surface area contributed by atoms with Crippen molar-refractivity contribution in [3.63, 3.8) is 0 Å². The lowest BCUT2D eigenvalue weighted by molar-refractivity contribution is -0.126. The lowest BCUT2D eigenvalue weighted by Gasteiger charge is -2.35. The maximum atomic E-state index is 13.2. The minimum absolute atomic E-state index is 0.0518. The number of hydrogen-bond donors (Lipinski definition) is 1. The number of carbonyl (C=O) groups excluding carboxylic acids is 1. The molecular formula is C16H25N7O. The summed E-state index contributed by atoms with van der Waals surface area (Å²) < 4.78 is 3.56. The van der Waals surface area contributed by atoms with Crippen LogP contribution in [0.25, 0.3) is 0 Å². The number of anilines is 1. The Labute approximate surface area is 141 Å². The molecule has 1 aliphatic carbocycles. The average Bonchev–Trinajstić information content (AvgIpc) is 3.19. The van der Waals surface area contributed by atoms with Gasteiger partial charge < -0.3 is 5.32 Å². The van der Waals surface area contributed by atoms with Gasteiger partial charge in [0, 0.05) is 6.04 Å². The molecule has 0 aromatic carbocycles. The van der Waals surface area contributed by atoms with Gasteiger partial charge in [-0.25, -0.2) is 4.68 Å². The van der Waals surface area contributed by atoms with Gasteiger partial charge in [-0.2, -0.15) is 5.10 Å². The maximum Gasteiger partial charge on any atom is 0.252 e. The van der Waals surface area contributed by atoms with Crippen molar-refractivity contribution in [2.24, 2.45) is 0 Å². The number of carbonyl (C=O) groups is 1. The summed E-state index contributed by atoms with van der Waals surface area (Å²) in [4.78, 5) is 13.2. The fourth-order valence-corrected chi connectivity index (χ4v) is 3.63. The smallest absolute Gasteiger partial charge is 0.252 e. The molecule has 8 heteroatoms. The van der Waals surface area contributed by atoms with Crippen molar-refractivity contribution in [1.82, 2.24) is 30.0 Å². The van der Waals surface area contributed by atoms with Gasteiger partial charge in [-0.3, -0.25) is 9.48 Å². The Morgan fingerprint density at radius 1 is 1.25 bits per heavy atom. The monoisotopic (exact) mass is 331 g/mol. The highest BCUT2D eigenvalue weighted by Gasteiger charge is 2.43. The molecule has 1 amide bonds. The Kier molecular flexibility index (Phi) is 4.38. The molecule has 0 spiro atoms. The van der Waals surface area contributed by atoms with Crippen molar-refractivity contribution in [1.29, 1.82) is 0 Å². The van der Waals surface area contributed by atoms with Crippen LogP contribution in [0.5, 0.6) is 0 Å². The second-order valence-electron chi connectivity index (χ2n) is 6.88. The molecule has 0 aliphatic heterocycles. The summed E-state index contributed by atoms with van der Waals surface area (Å²) in [6.45, 7) is 8.07. The van der Waals surface area contributed by atoms with Crippen LogP contribution >= 0.6 is 0 Å². The number of nitrogens with zero attached hydrogens (tertiary/aromatic N) is 6. The Morgan fingerprint density at radius 3 is 2.50 bits per heavy atom. The molecule has 0 bridgehead atoms. The summed E-state index contributed by atoms with van der Waals surface area (Å²) in [6, 6.07) is 0.248. The van der Waals surface area contributed by atoms with Gasteiger partial charge in [-0.05, 0) is 51.0 Å². The number of nitrogens with one attached hydrogen (secondary N) is 1. The first-order valence-electron chi connectivity index (χ1n) is 8.56. The Hall–Kier alpha value is -2.25. The van der Waals surface area contributed by atoms with E-state index in [0.717, 1.165) is 49.2 Å². The summed E-state index contributed by atoms with van der Waals surface area (Å²) in [5, 5.41) is 19.1. The Balaban J connectivity index is 1.93. The van der Waals surface area contributed by atoms with Crippen LogP contribution in [0.4, 0.5) is 5.69 Å². The molecule has 1 aliphatic rings. The molecule has 8 nitrogen and oxygen atoms in total. The molecule has 1 fully saturated rings. The predicted molar refractivity (Wildman–Crippen MR) is 89.6 cm³/mol. The molecular weight excluding hydrogens is 306 g/mol. The Morgan fingerprint density at radius 2 is 1.96 bits per heavy atom. The van der Waals surface area contributed by atoms with Gasteiger partial charge in [0.25, 0.3) is 5.91 Å². The standard InChI is InChI=1S/C16H25N7O/c1-11(2)23-13(4)14(12(3)19-23)18-15(24)16(8-6-5-7-9-16)22-10-17-20-21-22/h10-11H,5-9H2,1-4H3,(H,18,24). The fourth-order valence-electron chi connectivity index (χ4n) is 3.63. The number of amides is 1. The van der Waals surface area contributed by atoms with E-state index in [9.17, 15) is 4.79 Å². The van der Waals surface area contributed by atoms with Gasteiger partial charge in [-0.1, -0.05) is 19.3 Å². The highest BCUT2D eigenvalue weighted by Crippen LogP contribution is 2.36. The van der Waals surface area contributed by atoms with Crippen LogP contribution in [0.3, 0.4) is 0 Å². The first-order chi connectivity index (χ1) is 11.5. The summed E-state index contributed by atoms with van der Waals surface area (Å²) >= 11 is 0. The topological polar surface area (TPSA) is 90.5 Å². The molecule has 0 saturated heterocycles. The van der Waals surface area contributed by atoms with Gasteiger partial charge in [0.2, 0.25) is 0 Å². The van der Waals surface area contributed by atoms with Crippen molar-refractivity contribution >= 4 is 11.6 Å². The summed E-state index contributed by atoms with van der Waals surface area (Å²) in [5.74, 6) is -0.0518. The van der Waals surface area contributed by atoms with Gasteiger partial charge in [0.1, 0.15) is 11.9 Å². The lowest BCUT2D eigenvalue weighted by atomic mass is 9.81. The average molecular weight is 331 g/mol. The zero-order valence-electron chi connectivity index (χ0n) is 14.8. The molecule has 130 valence electrons. The van der Waals surface area contributed by atoms with Crippen LogP contribution in [0.15, 0.2) is 6.33 Å². The minimum atomic E-state index is -0.708. The van der Waals surface area contributed by atoms with Crippen molar-refractivity contribution in [2.45, 2.75) is 71.4 Å². The van der Waals surface area contributed by atoms with E-state index in [-0.39, 0.29) is 11.9 Å². The second-order valence-corrected chi connectivity index (χ2v) is 6.88. The summed E-state index contributed by atoms with van der Waals surface area (Å²) in [5.41, 5.74) is 1.89. The lowest BCUT2D eigenvalue weighted by Crippen LogP contribution is -2.47. The molecule has 3 rings (SSSR count). The minimum Gasteiger partial charge on any atom is -0.321 e. The van der Waals surface area contributed by atoms with Gasteiger partial charge in [0.15, 0.2) is 0 Å². The van der Waals surface area contributed by atoms with Gasteiger partial charge in [0.05, 0.1) is 17.1 Å². The number of aromatic nitrogens is 6. The van der Waals surface area contributed by atoms with E-state index in [2.05, 4.69) is 39.8 Å². The predicted octanol–water partition coefficient (Wildman–Crippen LogP) is 2.37. The zero-order valence-corrected chi connectivity index (χ0v) is 14.8. The third-order valence-corrected chi connectivity index (χ3v) is 4.94. The van der Waals surface area contributed by atoms with E-state index in [4.69, 9.17) is 0 Å². The number of aryl methyl sites for hydroxylation is 1. The van der Waals surface area contributed by atoms with Crippen LogP contribution < -0.4 is 5.32 Å². The van der Waals surface area contributed by atoms with E-state index in [1.165, 1.54) is 0 Å². The third-order valence-electron chi connectivity index (χ3n) is 4.94. The molecule has 24 heavy (non-hydrogen) atoms. The third kappa shape index (κ3) is 2.70. The fraction of sp³-hybridized carbons (Fsp3) is 0.688. The highest BCUT2D eigenvalue weighted by molar-refractivity contribution is 5.97. The molecule has 2 aromatic rings. The van der Waals surface area contributed by atoms with Crippen LogP contribution in [0.2, 0.25) is 0 Å². The van der Waals surface area contributed by atoms with Crippen LogP contribution in [0.1, 0.15) is 63.4 Å². The number of tetrazole rings is 1. The zero-order chi connectivity index (χ0) is 17.3. The molecule has 0 atom stereocenters. The summed E-state index contributed by atoms with van der Waals surface area (Å²) in [7, 11) is 0. The van der Waals surface area contributed by atoms with E-state index in [0.29, 0.717) is 0 Å². The van der Waals surface area contributed by atoms with E-state index >= 15 is 0 Å². The largest absolute Gasteiger partial charge is 0.321 e. The molecule has 1 N–H and O–H groups in total. The SMILES string of the molecule is Cc1nn(C(C)C)c(C)c1NC(=O)C1(n2cnnn2)CCCCC1. The van der Waals surface area contributed by atoms with Crippen molar-refractivity contribution < 1.29 is 4.79 Å². The van der Waals surface area contributed by atoms with Crippen molar-refractivity contribution in [3.05, 3.63) is 17.7 Å². The normalized spacial score (nSPS) is 17.2. The van der Waals surface area contributed by atoms with Crippen molar-refractivity contribution in [2.75, 3.05) is 5.32 Å². The number of rotatable bonds is 4. The van der Waals surface area contributed by atoms with Gasteiger partial charge in [-0.15, -0.1) is 5.10 Å². The van der Waals surface area contributed by atoms with E-state index < -0.39 is 5.54 Å². The molecule has 1 saturated carbocycles.